The first-order valence-corrected chi connectivity index (χ1v) is 7.34. The molecule has 23 heavy (non-hydrogen) atoms. The number of nitrogens with zero attached hydrogens (tertiary/aromatic N) is 1. The summed E-state index contributed by atoms with van der Waals surface area (Å²) in [6.45, 7) is 5.35. The van der Waals surface area contributed by atoms with E-state index >= 15 is 0 Å². The number of alkyl carbamates (subject to hydrolysis) is 1. The van der Waals surface area contributed by atoms with E-state index < -0.39 is 22.4 Å². The summed E-state index contributed by atoms with van der Waals surface area (Å²) in [4.78, 5) is 21.9. The highest BCUT2D eigenvalue weighted by atomic mass is 19.1. The minimum absolute atomic E-state index is 0.0147. The third kappa shape index (κ3) is 4.80. The molecule has 1 aromatic carbocycles. The molecular formula is C15H20FN3O4. The molecule has 1 aromatic rings. The Morgan fingerprint density at radius 3 is 2.57 bits per heavy atom. The van der Waals surface area contributed by atoms with Crippen LogP contribution in [0.1, 0.15) is 33.6 Å². The summed E-state index contributed by atoms with van der Waals surface area (Å²) in [5, 5.41) is 16.7. The Labute approximate surface area is 133 Å². The van der Waals surface area contributed by atoms with Gasteiger partial charge in [-0.1, -0.05) is 0 Å². The molecule has 0 aromatic heterocycles. The van der Waals surface area contributed by atoms with Gasteiger partial charge in [-0.2, -0.15) is 0 Å². The van der Waals surface area contributed by atoms with Crippen molar-refractivity contribution in [3.8, 4) is 0 Å². The molecule has 0 atom stereocenters. The summed E-state index contributed by atoms with van der Waals surface area (Å²) >= 11 is 0. The van der Waals surface area contributed by atoms with Crippen LogP contribution in [0.25, 0.3) is 0 Å². The first-order valence-electron chi connectivity index (χ1n) is 7.34. The SMILES string of the molecule is CC(C)(C)OC(=O)NC1CC(Nc2ccc(F)cc2[N+](=O)[O-])C1. The van der Waals surface area contributed by atoms with Crippen LogP contribution in [0.4, 0.5) is 20.6 Å². The summed E-state index contributed by atoms with van der Waals surface area (Å²) in [5.41, 5.74) is -0.578. The monoisotopic (exact) mass is 325 g/mol. The minimum atomic E-state index is -0.652. The van der Waals surface area contributed by atoms with Crippen molar-refractivity contribution in [3.05, 3.63) is 34.1 Å². The van der Waals surface area contributed by atoms with Gasteiger partial charge in [0.1, 0.15) is 17.1 Å². The molecule has 2 rings (SSSR count). The van der Waals surface area contributed by atoms with Crippen molar-refractivity contribution in [1.82, 2.24) is 5.32 Å². The Hall–Kier alpha value is -2.38. The molecule has 1 saturated carbocycles. The minimum Gasteiger partial charge on any atom is -0.444 e. The van der Waals surface area contributed by atoms with Crippen molar-refractivity contribution in [3.63, 3.8) is 0 Å². The van der Waals surface area contributed by atoms with Crippen LogP contribution in [0, 0.1) is 15.9 Å². The van der Waals surface area contributed by atoms with E-state index in [1.54, 1.807) is 20.8 Å². The number of carbonyl (C=O) groups excluding carboxylic acids is 1. The summed E-state index contributed by atoms with van der Waals surface area (Å²) in [6, 6.07) is 3.35. The molecular weight excluding hydrogens is 305 g/mol. The molecule has 0 heterocycles. The van der Waals surface area contributed by atoms with Crippen molar-refractivity contribution >= 4 is 17.5 Å². The number of halogens is 1. The third-order valence-corrected chi connectivity index (χ3v) is 3.38. The molecule has 126 valence electrons. The first kappa shape index (κ1) is 17.0. The molecule has 0 radical (unpaired) electrons. The maximum atomic E-state index is 13.1. The second-order valence-electron chi connectivity index (χ2n) is 6.57. The topological polar surface area (TPSA) is 93.5 Å². The number of nitrogens with one attached hydrogen (secondary N) is 2. The van der Waals surface area contributed by atoms with Gasteiger partial charge < -0.3 is 15.4 Å². The van der Waals surface area contributed by atoms with Crippen molar-refractivity contribution in [1.29, 1.82) is 0 Å². The predicted molar refractivity (Wildman–Crippen MR) is 82.9 cm³/mol. The van der Waals surface area contributed by atoms with Crippen molar-refractivity contribution in [2.24, 2.45) is 0 Å². The van der Waals surface area contributed by atoms with Crippen molar-refractivity contribution < 1.29 is 18.8 Å². The molecule has 0 saturated heterocycles. The predicted octanol–water partition coefficient (Wildman–Crippen LogP) is 3.20. The number of rotatable bonds is 4. The van der Waals surface area contributed by atoms with Crippen LogP contribution < -0.4 is 10.6 Å². The van der Waals surface area contributed by atoms with Gasteiger partial charge >= 0.3 is 6.09 Å². The molecule has 2 N–H and O–H groups in total. The number of nitro benzene ring substituents is 1. The van der Waals surface area contributed by atoms with E-state index in [1.165, 1.54) is 12.1 Å². The molecule has 1 aliphatic carbocycles. The molecule has 0 unspecified atom stereocenters. The van der Waals surface area contributed by atoms with E-state index in [2.05, 4.69) is 10.6 Å². The quantitative estimate of drug-likeness (QED) is 0.655. The highest BCUT2D eigenvalue weighted by molar-refractivity contribution is 5.68. The molecule has 0 aliphatic heterocycles. The molecule has 0 spiro atoms. The fourth-order valence-corrected chi connectivity index (χ4v) is 2.33. The fourth-order valence-electron chi connectivity index (χ4n) is 2.33. The Balaban J connectivity index is 1.85. The smallest absolute Gasteiger partial charge is 0.407 e. The first-order chi connectivity index (χ1) is 10.6. The average Bonchev–Trinajstić information content (AvgIpc) is 2.35. The van der Waals surface area contributed by atoms with Crippen molar-refractivity contribution in [2.45, 2.75) is 51.3 Å². The zero-order chi connectivity index (χ0) is 17.2. The number of carbonyl (C=O) groups is 1. The second-order valence-corrected chi connectivity index (χ2v) is 6.57. The lowest BCUT2D eigenvalue weighted by Crippen LogP contribution is -2.50. The van der Waals surface area contributed by atoms with Crippen LogP contribution in [0.2, 0.25) is 0 Å². The van der Waals surface area contributed by atoms with Crippen LogP contribution in [0.3, 0.4) is 0 Å². The summed E-state index contributed by atoms with van der Waals surface area (Å²) < 4.78 is 18.2. The van der Waals surface area contributed by atoms with Crippen LogP contribution in [-0.2, 0) is 4.74 Å². The molecule has 1 fully saturated rings. The number of amides is 1. The summed E-state index contributed by atoms with van der Waals surface area (Å²) in [6.07, 6.45) is 0.760. The zero-order valence-electron chi connectivity index (χ0n) is 13.3. The Bertz CT molecular complexity index is 609. The number of anilines is 1. The van der Waals surface area contributed by atoms with Gasteiger partial charge in [0, 0.05) is 12.1 Å². The van der Waals surface area contributed by atoms with Crippen LogP contribution in [0.5, 0.6) is 0 Å². The van der Waals surface area contributed by atoms with E-state index in [4.69, 9.17) is 4.74 Å². The second kappa shape index (κ2) is 6.39. The van der Waals surface area contributed by atoms with Gasteiger partial charge in [-0.05, 0) is 45.7 Å². The lowest BCUT2D eigenvalue weighted by molar-refractivity contribution is -0.384. The highest BCUT2D eigenvalue weighted by Gasteiger charge is 2.32. The normalized spacial score (nSPS) is 20.3. The number of ether oxygens (including phenoxy) is 1. The standard InChI is InChI=1S/C15H20FN3O4/c1-15(2,3)23-14(20)18-11-7-10(8-11)17-12-5-4-9(16)6-13(12)19(21)22/h4-6,10-11,17H,7-8H2,1-3H3,(H,18,20). The maximum absolute atomic E-state index is 13.1. The molecule has 7 nitrogen and oxygen atoms in total. The number of hydrogen-bond donors (Lipinski definition) is 2. The Morgan fingerprint density at radius 1 is 1.35 bits per heavy atom. The number of nitro groups is 1. The maximum Gasteiger partial charge on any atom is 0.407 e. The lowest BCUT2D eigenvalue weighted by Gasteiger charge is -2.37. The molecule has 0 bridgehead atoms. The lowest BCUT2D eigenvalue weighted by atomic mass is 9.86. The van der Waals surface area contributed by atoms with E-state index in [9.17, 15) is 19.3 Å². The van der Waals surface area contributed by atoms with Gasteiger partial charge in [0.25, 0.3) is 5.69 Å². The number of benzene rings is 1. The van der Waals surface area contributed by atoms with Gasteiger partial charge in [0.15, 0.2) is 0 Å². The van der Waals surface area contributed by atoms with Gasteiger partial charge in [0.2, 0.25) is 0 Å². The van der Waals surface area contributed by atoms with Gasteiger partial charge in [-0.15, -0.1) is 0 Å². The van der Waals surface area contributed by atoms with Gasteiger partial charge in [-0.25, -0.2) is 9.18 Å². The van der Waals surface area contributed by atoms with Gasteiger partial charge in [0.05, 0.1) is 11.0 Å². The third-order valence-electron chi connectivity index (χ3n) is 3.38. The molecule has 8 heteroatoms. The zero-order valence-corrected chi connectivity index (χ0v) is 13.3. The Morgan fingerprint density at radius 2 is 2.00 bits per heavy atom. The fraction of sp³-hybridized carbons (Fsp3) is 0.533. The summed E-state index contributed by atoms with van der Waals surface area (Å²) in [5.74, 6) is -0.652. The average molecular weight is 325 g/mol. The van der Waals surface area contributed by atoms with E-state index in [0.717, 1.165) is 6.07 Å². The largest absolute Gasteiger partial charge is 0.444 e. The molecule has 1 aliphatic rings. The van der Waals surface area contributed by atoms with E-state index in [1.807, 2.05) is 0 Å². The van der Waals surface area contributed by atoms with Crippen LogP contribution in [-0.4, -0.2) is 28.7 Å². The van der Waals surface area contributed by atoms with E-state index in [0.29, 0.717) is 12.8 Å². The van der Waals surface area contributed by atoms with Crippen LogP contribution in [0.15, 0.2) is 18.2 Å². The van der Waals surface area contributed by atoms with Gasteiger partial charge in [-0.3, -0.25) is 10.1 Å². The highest BCUT2D eigenvalue weighted by Crippen LogP contribution is 2.30. The summed E-state index contributed by atoms with van der Waals surface area (Å²) in [7, 11) is 0. The molecule has 1 amide bonds. The number of hydrogen-bond acceptors (Lipinski definition) is 5. The van der Waals surface area contributed by atoms with E-state index in [-0.39, 0.29) is 23.5 Å². The van der Waals surface area contributed by atoms with Crippen LogP contribution >= 0.6 is 0 Å². The van der Waals surface area contributed by atoms with Crippen molar-refractivity contribution in [2.75, 3.05) is 5.32 Å². The Kier molecular flexibility index (Phi) is 4.72.